The van der Waals surface area contributed by atoms with Crippen molar-refractivity contribution in [1.29, 1.82) is 0 Å². The van der Waals surface area contributed by atoms with Crippen LogP contribution in [0.15, 0.2) is 0 Å². The van der Waals surface area contributed by atoms with Crippen molar-refractivity contribution in [2.75, 3.05) is 13.7 Å². The molecule has 0 N–H and O–H groups in total. The van der Waals surface area contributed by atoms with Gasteiger partial charge in [-0.05, 0) is 31.6 Å². The van der Waals surface area contributed by atoms with Crippen molar-refractivity contribution in [3.63, 3.8) is 0 Å². The van der Waals surface area contributed by atoms with Gasteiger partial charge in [-0.25, -0.2) is 0 Å². The number of rotatable bonds is 5. The first-order chi connectivity index (χ1) is 8.22. The molecule has 0 bridgehead atoms. The van der Waals surface area contributed by atoms with Gasteiger partial charge in [0.25, 0.3) is 0 Å². The summed E-state index contributed by atoms with van der Waals surface area (Å²) in [5, 5.41) is 0. The molecule has 0 aliphatic heterocycles. The zero-order valence-corrected chi connectivity index (χ0v) is 11.8. The second-order valence-corrected chi connectivity index (χ2v) is 6.30. The van der Waals surface area contributed by atoms with E-state index in [4.69, 9.17) is 4.74 Å². The summed E-state index contributed by atoms with van der Waals surface area (Å²) in [6.07, 6.45) is 10.3. The van der Waals surface area contributed by atoms with Gasteiger partial charge in [-0.3, -0.25) is 4.90 Å². The molecule has 1 unspecified atom stereocenters. The smallest absolute Gasteiger partial charge is 0.0727 e. The molecule has 0 radical (unpaired) electrons. The number of ether oxygens (including phenoxy) is 1. The quantitative estimate of drug-likeness (QED) is 0.728. The van der Waals surface area contributed by atoms with Crippen LogP contribution < -0.4 is 0 Å². The van der Waals surface area contributed by atoms with E-state index >= 15 is 0 Å². The lowest BCUT2D eigenvalue weighted by atomic mass is 9.83. The molecule has 0 saturated heterocycles. The predicted molar refractivity (Wildman–Crippen MR) is 72.2 cm³/mol. The normalized spacial score (nSPS) is 30.9. The van der Waals surface area contributed by atoms with Crippen molar-refractivity contribution in [3.8, 4) is 0 Å². The largest absolute Gasteiger partial charge is 0.380 e. The van der Waals surface area contributed by atoms with Crippen LogP contribution >= 0.6 is 0 Å². The van der Waals surface area contributed by atoms with Crippen LogP contribution in [0.2, 0.25) is 0 Å². The van der Waals surface area contributed by atoms with Crippen molar-refractivity contribution in [2.24, 2.45) is 5.92 Å². The molecule has 2 atom stereocenters. The summed E-state index contributed by atoms with van der Waals surface area (Å²) >= 11 is 0. The highest BCUT2D eigenvalue weighted by atomic mass is 16.5. The molecule has 0 aromatic carbocycles. The second-order valence-electron chi connectivity index (χ2n) is 6.30. The first-order valence-corrected chi connectivity index (χ1v) is 7.51. The van der Waals surface area contributed by atoms with Crippen molar-refractivity contribution < 1.29 is 4.74 Å². The average Bonchev–Trinajstić information content (AvgIpc) is 2.28. The van der Waals surface area contributed by atoms with Crippen molar-refractivity contribution in [3.05, 3.63) is 0 Å². The second kappa shape index (κ2) is 6.19. The molecule has 2 rings (SSSR count). The lowest BCUT2D eigenvalue weighted by molar-refractivity contribution is -0.0720. The van der Waals surface area contributed by atoms with Crippen molar-refractivity contribution >= 4 is 0 Å². The molecule has 2 nitrogen and oxygen atoms in total. The highest BCUT2D eigenvalue weighted by molar-refractivity contribution is 4.93. The van der Waals surface area contributed by atoms with E-state index in [2.05, 4.69) is 18.7 Å². The van der Waals surface area contributed by atoms with Crippen LogP contribution in [0.25, 0.3) is 0 Å². The molecule has 17 heavy (non-hydrogen) atoms. The molecule has 2 saturated carbocycles. The molecule has 2 heteroatoms. The fraction of sp³-hybridized carbons (Fsp3) is 1.00. The van der Waals surface area contributed by atoms with E-state index in [0.29, 0.717) is 12.1 Å². The van der Waals surface area contributed by atoms with Gasteiger partial charge in [0.05, 0.1) is 6.10 Å². The van der Waals surface area contributed by atoms with Crippen LogP contribution in [0.1, 0.15) is 58.8 Å². The highest BCUT2D eigenvalue weighted by Gasteiger charge is 2.38. The lowest BCUT2D eigenvalue weighted by Gasteiger charge is -2.48. The summed E-state index contributed by atoms with van der Waals surface area (Å²) in [6.45, 7) is 5.95. The molecule has 0 heterocycles. The summed E-state index contributed by atoms with van der Waals surface area (Å²) < 4.78 is 5.61. The predicted octanol–water partition coefficient (Wildman–Crippen LogP) is 3.45. The van der Waals surface area contributed by atoms with Gasteiger partial charge < -0.3 is 4.74 Å². The van der Waals surface area contributed by atoms with Crippen molar-refractivity contribution in [2.45, 2.75) is 77.0 Å². The maximum atomic E-state index is 5.61. The van der Waals surface area contributed by atoms with Gasteiger partial charge in [0, 0.05) is 25.7 Å². The molecule has 0 spiro atoms. The Labute approximate surface area is 107 Å². The maximum Gasteiger partial charge on any atom is 0.0727 e. The standard InChI is InChI=1S/C15H29NO/c1-12(2)11-16(13-7-5-4-6-8-13)14-9-10-15(14)17-3/h12-15H,4-11H2,1-3H3/t14-,15?/m1/s1. The number of methoxy groups -OCH3 is 1. The molecular weight excluding hydrogens is 210 g/mol. The first kappa shape index (κ1) is 13.4. The third-order valence-electron chi connectivity index (χ3n) is 4.52. The van der Waals surface area contributed by atoms with Crippen LogP contribution in [0.4, 0.5) is 0 Å². The molecule has 2 aliphatic carbocycles. The number of hydrogen-bond acceptors (Lipinski definition) is 2. The van der Waals surface area contributed by atoms with Crippen LogP contribution in [0, 0.1) is 5.92 Å². The fourth-order valence-corrected chi connectivity index (χ4v) is 3.50. The third-order valence-corrected chi connectivity index (χ3v) is 4.52. The van der Waals surface area contributed by atoms with Crippen LogP contribution in [0.5, 0.6) is 0 Å². The van der Waals surface area contributed by atoms with Gasteiger partial charge in [0.15, 0.2) is 0 Å². The summed E-state index contributed by atoms with van der Waals surface area (Å²) in [7, 11) is 1.88. The van der Waals surface area contributed by atoms with E-state index in [9.17, 15) is 0 Å². The molecule has 100 valence electrons. The molecule has 0 aromatic heterocycles. The SMILES string of the molecule is COC1CC[C@H]1N(CC(C)C)C1CCCCC1. The van der Waals surface area contributed by atoms with E-state index in [0.717, 1.165) is 12.0 Å². The minimum atomic E-state index is 0.510. The van der Waals surface area contributed by atoms with Gasteiger partial charge in [-0.15, -0.1) is 0 Å². The van der Waals surface area contributed by atoms with E-state index in [1.54, 1.807) is 0 Å². The minimum absolute atomic E-state index is 0.510. The van der Waals surface area contributed by atoms with Crippen LogP contribution in [-0.4, -0.2) is 36.7 Å². The average molecular weight is 239 g/mol. The van der Waals surface area contributed by atoms with Crippen molar-refractivity contribution in [1.82, 2.24) is 4.90 Å². The minimum Gasteiger partial charge on any atom is -0.380 e. The van der Waals surface area contributed by atoms with Crippen LogP contribution in [-0.2, 0) is 4.74 Å². The van der Waals surface area contributed by atoms with E-state index in [1.807, 2.05) is 7.11 Å². The van der Waals surface area contributed by atoms with Gasteiger partial charge in [-0.2, -0.15) is 0 Å². The third kappa shape index (κ3) is 3.23. The zero-order valence-electron chi connectivity index (χ0n) is 11.8. The number of hydrogen-bond donors (Lipinski definition) is 0. The van der Waals surface area contributed by atoms with Crippen LogP contribution in [0.3, 0.4) is 0 Å². The summed E-state index contributed by atoms with van der Waals surface area (Å²) in [5.41, 5.74) is 0. The first-order valence-electron chi connectivity index (χ1n) is 7.51. The Balaban J connectivity index is 1.96. The molecule has 0 amide bonds. The van der Waals surface area contributed by atoms with Gasteiger partial charge in [0.2, 0.25) is 0 Å². The molecule has 2 fully saturated rings. The highest BCUT2D eigenvalue weighted by Crippen LogP contribution is 2.34. The van der Waals surface area contributed by atoms with E-state index in [1.165, 1.54) is 51.5 Å². The van der Waals surface area contributed by atoms with E-state index < -0.39 is 0 Å². The molecule has 2 aliphatic rings. The van der Waals surface area contributed by atoms with Gasteiger partial charge in [0.1, 0.15) is 0 Å². The Hall–Kier alpha value is -0.0800. The zero-order chi connectivity index (χ0) is 12.3. The topological polar surface area (TPSA) is 12.5 Å². The molecular formula is C15H29NO. The van der Waals surface area contributed by atoms with Gasteiger partial charge in [-0.1, -0.05) is 33.1 Å². The maximum absolute atomic E-state index is 5.61. The summed E-state index contributed by atoms with van der Waals surface area (Å²) in [5.74, 6) is 0.773. The summed E-state index contributed by atoms with van der Waals surface area (Å²) in [4.78, 5) is 2.79. The van der Waals surface area contributed by atoms with E-state index in [-0.39, 0.29) is 0 Å². The Bertz CT molecular complexity index is 219. The Morgan fingerprint density at radius 3 is 2.24 bits per heavy atom. The Kier molecular flexibility index (Phi) is 4.87. The summed E-state index contributed by atoms with van der Waals surface area (Å²) in [6, 6.07) is 1.56. The Morgan fingerprint density at radius 1 is 1.06 bits per heavy atom. The fourth-order valence-electron chi connectivity index (χ4n) is 3.50. The molecule has 0 aromatic rings. The lowest BCUT2D eigenvalue weighted by Crippen LogP contribution is -2.56. The monoisotopic (exact) mass is 239 g/mol. The number of nitrogens with zero attached hydrogens (tertiary/aromatic N) is 1. The Morgan fingerprint density at radius 2 is 1.76 bits per heavy atom. The van der Waals surface area contributed by atoms with Gasteiger partial charge >= 0.3 is 0 Å².